The second kappa shape index (κ2) is 4.77. The summed E-state index contributed by atoms with van der Waals surface area (Å²) in [7, 11) is 0. The summed E-state index contributed by atoms with van der Waals surface area (Å²) in [5.41, 5.74) is 5.26. The number of hydrogen-bond donors (Lipinski definition) is 0. The molecule has 2 rings (SSSR count). The third-order valence-corrected chi connectivity index (χ3v) is 4.97. The van der Waals surface area contributed by atoms with Gasteiger partial charge in [0.1, 0.15) is 0 Å². The van der Waals surface area contributed by atoms with E-state index >= 15 is 0 Å². The number of benzene rings is 1. The minimum Gasteiger partial charge on any atom is -0.294 e. The number of ketones is 1. The molecule has 1 atom stereocenters. The van der Waals surface area contributed by atoms with Crippen LogP contribution in [0, 0.1) is 5.92 Å². The molecule has 0 bridgehead atoms. The van der Waals surface area contributed by atoms with Crippen molar-refractivity contribution in [2.75, 3.05) is 0 Å². The predicted octanol–water partition coefficient (Wildman–Crippen LogP) is 4.87. The van der Waals surface area contributed by atoms with E-state index in [0.717, 1.165) is 12.0 Å². The van der Waals surface area contributed by atoms with Gasteiger partial charge in [-0.1, -0.05) is 47.6 Å². The van der Waals surface area contributed by atoms with Crippen LogP contribution >= 0.6 is 0 Å². The van der Waals surface area contributed by atoms with Crippen molar-refractivity contribution in [1.82, 2.24) is 0 Å². The van der Waals surface area contributed by atoms with Gasteiger partial charge in [-0.2, -0.15) is 0 Å². The summed E-state index contributed by atoms with van der Waals surface area (Å²) in [6.07, 6.45) is 1.70. The number of carbonyl (C=O) groups is 1. The Bertz CT molecular complexity index is 509. The zero-order valence-corrected chi connectivity index (χ0v) is 13.1. The third kappa shape index (κ3) is 2.24. The largest absolute Gasteiger partial charge is 0.294 e. The highest BCUT2D eigenvalue weighted by Gasteiger charge is 2.37. The zero-order valence-electron chi connectivity index (χ0n) is 13.1. The van der Waals surface area contributed by atoms with Crippen molar-refractivity contribution in [3.63, 3.8) is 0 Å². The van der Waals surface area contributed by atoms with E-state index < -0.39 is 0 Å². The van der Waals surface area contributed by atoms with Crippen LogP contribution < -0.4 is 0 Å². The second-order valence-electron chi connectivity index (χ2n) is 6.85. The van der Waals surface area contributed by atoms with E-state index in [2.05, 4.69) is 46.8 Å². The lowest BCUT2D eigenvalue weighted by Gasteiger charge is -2.26. The first-order chi connectivity index (χ1) is 8.78. The number of carbonyl (C=O) groups excluding carboxylic acids is 1. The lowest BCUT2D eigenvalue weighted by atomic mass is 9.78. The van der Waals surface area contributed by atoms with Gasteiger partial charge in [0.2, 0.25) is 0 Å². The van der Waals surface area contributed by atoms with E-state index in [0.29, 0.717) is 18.3 Å². The van der Waals surface area contributed by atoms with E-state index in [4.69, 9.17) is 0 Å². The molecule has 0 radical (unpaired) electrons. The Balaban J connectivity index is 2.63. The Morgan fingerprint density at radius 2 is 2.00 bits per heavy atom. The molecule has 1 aliphatic carbocycles. The van der Waals surface area contributed by atoms with E-state index in [-0.39, 0.29) is 11.2 Å². The third-order valence-electron chi connectivity index (χ3n) is 4.97. The van der Waals surface area contributed by atoms with Crippen molar-refractivity contribution < 1.29 is 4.79 Å². The van der Waals surface area contributed by atoms with Gasteiger partial charge in [0.25, 0.3) is 0 Å². The summed E-state index contributed by atoms with van der Waals surface area (Å²) in [6.45, 7) is 13.3. The SMILES string of the molecule is CCC(=O)c1cc2c(cc1C(C)C)C(C)(C)C(C)C2. The molecule has 1 aliphatic rings. The minimum atomic E-state index is 0.229. The maximum absolute atomic E-state index is 12.2. The van der Waals surface area contributed by atoms with Crippen molar-refractivity contribution in [1.29, 1.82) is 0 Å². The first kappa shape index (κ1) is 14.3. The fourth-order valence-electron chi connectivity index (χ4n) is 3.19. The van der Waals surface area contributed by atoms with Gasteiger partial charge in [-0.15, -0.1) is 0 Å². The molecule has 0 spiro atoms. The van der Waals surface area contributed by atoms with E-state index in [9.17, 15) is 4.79 Å². The van der Waals surface area contributed by atoms with Crippen LogP contribution in [0.5, 0.6) is 0 Å². The zero-order chi connectivity index (χ0) is 14.4. The van der Waals surface area contributed by atoms with Crippen molar-refractivity contribution >= 4 is 5.78 Å². The van der Waals surface area contributed by atoms with Crippen LogP contribution in [-0.4, -0.2) is 5.78 Å². The summed E-state index contributed by atoms with van der Waals surface area (Å²) in [4.78, 5) is 12.2. The van der Waals surface area contributed by atoms with Gasteiger partial charge in [-0.3, -0.25) is 4.79 Å². The molecular weight excluding hydrogens is 232 g/mol. The summed E-state index contributed by atoms with van der Waals surface area (Å²) in [5.74, 6) is 1.33. The van der Waals surface area contributed by atoms with Gasteiger partial charge in [-0.05, 0) is 46.4 Å². The van der Waals surface area contributed by atoms with Crippen molar-refractivity contribution in [2.24, 2.45) is 5.92 Å². The molecule has 0 amide bonds. The Morgan fingerprint density at radius 3 is 2.53 bits per heavy atom. The summed E-state index contributed by atoms with van der Waals surface area (Å²) in [5, 5.41) is 0. The summed E-state index contributed by atoms with van der Waals surface area (Å²) in [6, 6.07) is 4.49. The molecule has 1 unspecified atom stereocenters. The lowest BCUT2D eigenvalue weighted by Crippen LogP contribution is -2.21. The molecule has 0 saturated heterocycles. The molecule has 0 saturated carbocycles. The van der Waals surface area contributed by atoms with Gasteiger partial charge < -0.3 is 0 Å². The van der Waals surface area contributed by atoms with Gasteiger partial charge >= 0.3 is 0 Å². The molecule has 0 aromatic heterocycles. The average Bonchev–Trinajstić information content (AvgIpc) is 2.57. The quantitative estimate of drug-likeness (QED) is 0.707. The van der Waals surface area contributed by atoms with Crippen LogP contribution in [0.15, 0.2) is 12.1 Å². The van der Waals surface area contributed by atoms with Crippen LogP contribution in [-0.2, 0) is 11.8 Å². The maximum Gasteiger partial charge on any atom is 0.162 e. The average molecular weight is 258 g/mol. The number of hydrogen-bond acceptors (Lipinski definition) is 1. The van der Waals surface area contributed by atoms with Crippen LogP contribution in [0.3, 0.4) is 0 Å². The number of fused-ring (bicyclic) bond motifs is 1. The molecule has 19 heavy (non-hydrogen) atoms. The molecular formula is C18H26O. The molecule has 0 N–H and O–H groups in total. The Kier molecular flexibility index (Phi) is 3.59. The monoisotopic (exact) mass is 258 g/mol. The van der Waals surface area contributed by atoms with Crippen LogP contribution in [0.1, 0.15) is 80.9 Å². The second-order valence-corrected chi connectivity index (χ2v) is 6.85. The molecule has 1 heteroatoms. The van der Waals surface area contributed by atoms with Crippen LogP contribution in [0.25, 0.3) is 0 Å². The van der Waals surface area contributed by atoms with Crippen molar-refractivity contribution in [2.45, 2.75) is 65.7 Å². The highest BCUT2D eigenvalue weighted by atomic mass is 16.1. The molecule has 0 heterocycles. The van der Waals surface area contributed by atoms with Gasteiger partial charge in [0.05, 0.1) is 0 Å². The van der Waals surface area contributed by atoms with Gasteiger partial charge in [0, 0.05) is 12.0 Å². The molecule has 1 aromatic rings. The van der Waals surface area contributed by atoms with Crippen molar-refractivity contribution in [3.8, 4) is 0 Å². The van der Waals surface area contributed by atoms with Gasteiger partial charge in [0.15, 0.2) is 5.78 Å². The van der Waals surface area contributed by atoms with Crippen molar-refractivity contribution in [3.05, 3.63) is 34.4 Å². The first-order valence-corrected chi connectivity index (χ1v) is 7.49. The van der Waals surface area contributed by atoms with E-state index in [1.807, 2.05) is 6.92 Å². The number of Topliss-reactive ketones (excluding diaryl/α,β-unsaturated/α-hetero) is 1. The highest BCUT2D eigenvalue weighted by molar-refractivity contribution is 5.97. The maximum atomic E-state index is 12.2. The fraction of sp³-hybridized carbons (Fsp3) is 0.611. The van der Waals surface area contributed by atoms with Gasteiger partial charge in [-0.25, -0.2) is 0 Å². The van der Waals surface area contributed by atoms with Crippen LogP contribution in [0.4, 0.5) is 0 Å². The molecule has 1 aromatic carbocycles. The Hall–Kier alpha value is -1.11. The molecule has 1 nitrogen and oxygen atoms in total. The smallest absolute Gasteiger partial charge is 0.162 e. The molecule has 0 aliphatic heterocycles. The first-order valence-electron chi connectivity index (χ1n) is 7.49. The Morgan fingerprint density at radius 1 is 1.37 bits per heavy atom. The van der Waals surface area contributed by atoms with E-state index in [1.165, 1.54) is 16.7 Å². The van der Waals surface area contributed by atoms with Crippen LogP contribution in [0.2, 0.25) is 0 Å². The highest BCUT2D eigenvalue weighted by Crippen LogP contribution is 2.44. The minimum absolute atomic E-state index is 0.229. The standard InChI is InChI=1S/C18H26O/c1-7-17(19)15-9-13-8-12(4)18(5,6)16(13)10-14(15)11(2)3/h9-12H,7-8H2,1-6H3. The number of rotatable bonds is 3. The normalized spacial score (nSPS) is 20.7. The summed E-state index contributed by atoms with van der Waals surface area (Å²) < 4.78 is 0. The molecule has 0 fully saturated rings. The topological polar surface area (TPSA) is 17.1 Å². The summed E-state index contributed by atoms with van der Waals surface area (Å²) >= 11 is 0. The Labute approximate surface area is 117 Å². The fourth-order valence-corrected chi connectivity index (χ4v) is 3.19. The lowest BCUT2D eigenvalue weighted by molar-refractivity contribution is 0.0987. The predicted molar refractivity (Wildman–Crippen MR) is 81.0 cm³/mol. The van der Waals surface area contributed by atoms with E-state index in [1.54, 1.807) is 0 Å². The molecule has 104 valence electrons.